The fourth-order valence-corrected chi connectivity index (χ4v) is 2.82. The molecule has 0 aromatic rings. The Morgan fingerprint density at radius 2 is 1.75 bits per heavy atom. The van der Waals surface area contributed by atoms with Crippen LogP contribution in [0.25, 0.3) is 0 Å². The van der Waals surface area contributed by atoms with E-state index in [2.05, 4.69) is 4.90 Å². The minimum Gasteiger partial charge on any atom is -0.309 e. The van der Waals surface area contributed by atoms with Crippen LogP contribution in [0.15, 0.2) is 0 Å². The van der Waals surface area contributed by atoms with Crippen molar-refractivity contribution in [3.05, 3.63) is 0 Å². The Balaban J connectivity index is 2.10. The van der Waals surface area contributed by atoms with Crippen LogP contribution in [0.2, 0.25) is 0 Å². The van der Waals surface area contributed by atoms with Gasteiger partial charge < -0.3 is 13.9 Å². The van der Waals surface area contributed by atoms with Crippen LogP contribution in [-0.4, -0.2) is 44.4 Å². The lowest BCUT2D eigenvalue weighted by atomic mass is 10.1. The molecule has 0 bridgehead atoms. The van der Waals surface area contributed by atoms with E-state index in [0.29, 0.717) is 13.2 Å². The first-order valence-electron chi connectivity index (χ1n) is 6.23. The van der Waals surface area contributed by atoms with Gasteiger partial charge in [-0.15, -0.1) is 0 Å². The van der Waals surface area contributed by atoms with E-state index in [4.69, 9.17) is 9.05 Å². The Hall–Kier alpha value is 0.110. The van der Waals surface area contributed by atoms with E-state index in [0.717, 1.165) is 26.1 Å². The van der Waals surface area contributed by atoms with Crippen molar-refractivity contribution in [2.75, 3.05) is 39.5 Å². The van der Waals surface area contributed by atoms with Crippen LogP contribution in [0.5, 0.6) is 0 Å². The molecule has 0 radical (unpaired) electrons. The van der Waals surface area contributed by atoms with Crippen LogP contribution in [0.1, 0.15) is 32.6 Å². The molecule has 1 aliphatic rings. The second-order valence-corrected chi connectivity index (χ2v) is 6.40. The third-order valence-corrected chi connectivity index (χ3v) is 4.02. The van der Waals surface area contributed by atoms with Gasteiger partial charge in [-0.2, -0.15) is 0 Å². The van der Waals surface area contributed by atoms with Crippen LogP contribution in [0.4, 0.5) is 0 Å². The van der Waals surface area contributed by atoms with E-state index in [-0.39, 0.29) is 0 Å². The average Bonchev–Trinajstić information content (AvgIpc) is 2.28. The van der Waals surface area contributed by atoms with Crippen molar-refractivity contribution in [3.8, 4) is 0 Å². The summed E-state index contributed by atoms with van der Waals surface area (Å²) in [5.74, 6) is 0. The molecule has 0 amide bonds. The summed E-state index contributed by atoms with van der Waals surface area (Å²) < 4.78 is 22.3. The molecule has 16 heavy (non-hydrogen) atoms. The zero-order chi connectivity index (χ0) is 11.9. The van der Waals surface area contributed by atoms with Gasteiger partial charge in [0.1, 0.15) is 0 Å². The SMILES string of the molecule is CCCOP(C)(=O)OCCN1CCCCC1. The first kappa shape index (κ1) is 14.2. The van der Waals surface area contributed by atoms with E-state index < -0.39 is 7.60 Å². The monoisotopic (exact) mass is 249 g/mol. The van der Waals surface area contributed by atoms with E-state index in [9.17, 15) is 4.57 Å². The minimum atomic E-state index is -2.80. The maximum atomic E-state index is 11.8. The van der Waals surface area contributed by atoms with Crippen LogP contribution >= 0.6 is 7.60 Å². The predicted molar refractivity (Wildman–Crippen MR) is 66.0 cm³/mol. The van der Waals surface area contributed by atoms with Crippen molar-refractivity contribution in [1.82, 2.24) is 4.90 Å². The summed E-state index contributed by atoms with van der Waals surface area (Å²) in [6, 6.07) is 0. The zero-order valence-corrected chi connectivity index (χ0v) is 11.4. The number of hydrogen-bond acceptors (Lipinski definition) is 4. The molecule has 96 valence electrons. The summed E-state index contributed by atoms with van der Waals surface area (Å²) in [7, 11) is -2.80. The maximum absolute atomic E-state index is 11.8. The van der Waals surface area contributed by atoms with Crippen molar-refractivity contribution in [2.24, 2.45) is 0 Å². The van der Waals surface area contributed by atoms with Crippen LogP contribution < -0.4 is 0 Å². The molecule has 0 spiro atoms. The molecule has 0 aliphatic carbocycles. The smallest absolute Gasteiger partial charge is 0.309 e. The van der Waals surface area contributed by atoms with Gasteiger partial charge in [0.05, 0.1) is 13.2 Å². The summed E-state index contributed by atoms with van der Waals surface area (Å²) in [5.41, 5.74) is 0. The highest BCUT2D eigenvalue weighted by Crippen LogP contribution is 2.43. The summed E-state index contributed by atoms with van der Waals surface area (Å²) in [5, 5.41) is 0. The molecule has 0 saturated carbocycles. The van der Waals surface area contributed by atoms with Gasteiger partial charge in [0.15, 0.2) is 0 Å². The molecular formula is C11H24NO3P. The molecular weight excluding hydrogens is 225 g/mol. The quantitative estimate of drug-likeness (QED) is 0.650. The molecule has 0 aromatic heterocycles. The molecule has 1 fully saturated rings. The Kier molecular flexibility index (Phi) is 6.59. The standard InChI is InChI=1S/C11H24NO3P/c1-3-10-14-16(2,13)15-11-9-12-7-5-4-6-8-12/h3-11H2,1-2H3. The van der Waals surface area contributed by atoms with Gasteiger partial charge in [0, 0.05) is 13.2 Å². The molecule has 5 heteroatoms. The van der Waals surface area contributed by atoms with Gasteiger partial charge in [-0.05, 0) is 32.4 Å². The lowest BCUT2D eigenvalue weighted by Gasteiger charge is -2.26. The molecule has 0 N–H and O–H groups in total. The first-order valence-corrected chi connectivity index (χ1v) is 8.22. The molecule has 1 atom stereocenters. The van der Waals surface area contributed by atoms with Crippen molar-refractivity contribution in [2.45, 2.75) is 32.6 Å². The average molecular weight is 249 g/mol. The zero-order valence-electron chi connectivity index (χ0n) is 10.5. The fraction of sp³-hybridized carbons (Fsp3) is 1.00. The largest absolute Gasteiger partial charge is 0.327 e. The molecule has 1 saturated heterocycles. The van der Waals surface area contributed by atoms with Crippen molar-refractivity contribution < 1.29 is 13.6 Å². The third-order valence-electron chi connectivity index (χ3n) is 2.71. The lowest BCUT2D eigenvalue weighted by molar-refractivity contribution is 0.159. The van der Waals surface area contributed by atoms with Crippen LogP contribution in [0.3, 0.4) is 0 Å². The number of hydrogen-bond donors (Lipinski definition) is 0. The molecule has 4 nitrogen and oxygen atoms in total. The fourth-order valence-electron chi connectivity index (χ4n) is 1.81. The molecule has 1 heterocycles. The summed E-state index contributed by atoms with van der Waals surface area (Å²) in [4.78, 5) is 2.36. The third kappa shape index (κ3) is 6.00. The van der Waals surface area contributed by atoms with E-state index in [1.807, 2.05) is 6.92 Å². The van der Waals surface area contributed by atoms with Crippen molar-refractivity contribution in [3.63, 3.8) is 0 Å². The maximum Gasteiger partial charge on any atom is 0.327 e. The van der Waals surface area contributed by atoms with Crippen molar-refractivity contribution in [1.29, 1.82) is 0 Å². The highest BCUT2D eigenvalue weighted by Gasteiger charge is 2.17. The van der Waals surface area contributed by atoms with Crippen molar-refractivity contribution >= 4 is 7.60 Å². The second kappa shape index (κ2) is 7.44. The highest BCUT2D eigenvalue weighted by atomic mass is 31.2. The van der Waals surface area contributed by atoms with Gasteiger partial charge >= 0.3 is 7.60 Å². The van der Waals surface area contributed by atoms with Crippen LogP contribution in [0, 0.1) is 0 Å². The Labute approximate surface area is 98.8 Å². The van der Waals surface area contributed by atoms with Gasteiger partial charge in [-0.25, -0.2) is 0 Å². The first-order chi connectivity index (χ1) is 7.64. The molecule has 0 aromatic carbocycles. The summed E-state index contributed by atoms with van der Waals surface area (Å²) in [6.07, 6.45) is 4.75. The van der Waals surface area contributed by atoms with Gasteiger partial charge in [0.25, 0.3) is 0 Å². The lowest BCUT2D eigenvalue weighted by Crippen LogP contribution is -2.32. The van der Waals surface area contributed by atoms with E-state index in [1.165, 1.54) is 19.3 Å². The summed E-state index contributed by atoms with van der Waals surface area (Å²) >= 11 is 0. The number of nitrogens with zero attached hydrogens (tertiary/aromatic N) is 1. The molecule has 1 rings (SSSR count). The number of piperidine rings is 1. The number of likely N-dealkylation sites (tertiary alicyclic amines) is 1. The molecule has 1 aliphatic heterocycles. The topological polar surface area (TPSA) is 38.8 Å². The normalized spacial score (nSPS) is 21.9. The van der Waals surface area contributed by atoms with Crippen LogP contribution in [-0.2, 0) is 13.6 Å². The Bertz CT molecular complexity index is 229. The highest BCUT2D eigenvalue weighted by molar-refractivity contribution is 7.52. The van der Waals surface area contributed by atoms with E-state index >= 15 is 0 Å². The van der Waals surface area contributed by atoms with Gasteiger partial charge in [-0.1, -0.05) is 13.3 Å². The van der Waals surface area contributed by atoms with Gasteiger partial charge in [-0.3, -0.25) is 4.57 Å². The summed E-state index contributed by atoms with van der Waals surface area (Å²) in [6.45, 7) is 7.73. The number of rotatable bonds is 7. The Morgan fingerprint density at radius 3 is 2.38 bits per heavy atom. The second-order valence-electron chi connectivity index (χ2n) is 4.34. The minimum absolute atomic E-state index is 0.511. The molecule has 1 unspecified atom stereocenters. The Morgan fingerprint density at radius 1 is 1.12 bits per heavy atom. The van der Waals surface area contributed by atoms with Gasteiger partial charge in [0.2, 0.25) is 0 Å². The van der Waals surface area contributed by atoms with E-state index in [1.54, 1.807) is 6.66 Å². The predicted octanol–water partition coefficient (Wildman–Crippen LogP) is 2.74.